The SMILES string of the molecule is C=CCOC1(C)CCN(c2c(C(O)C(=O)OC)c(C)cc3nc(C(=O)OCC)cn23)CC1. The second-order valence-corrected chi connectivity index (χ2v) is 8.10. The molecule has 1 atom stereocenters. The Bertz CT molecular complexity index is 1010. The van der Waals surface area contributed by atoms with E-state index in [9.17, 15) is 14.7 Å². The van der Waals surface area contributed by atoms with Crippen molar-refractivity contribution in [2.24, 2.45) is 0 Å². The molecule has 9 nitrogen and oxygen atoms in total. The highest BCUT2D eigenvalue weighted by molar-refractivity contribution is 5.88. The molecule has 174 valence electrons. The average Bonchev–Trinajstić information content (AvgIpc) is 3.20. The van der Waals surface area contributed by atoms with Gasteiger partial charge >= 0.3 is 11.9 Å². The number of aliphatic hydroxyl groups excluding tert-OH is 1. The van der Waals surface area contributed by atoms with Gasteiger partial charge in [0.15, 0.2) is 11.8 Å². The quantitative estimate of drug-likeness (QED) is 0.489. The minimum atomic E-state index is -1.47. The maximum Gasteiger partial charge on any atom is 0.358 e. The summed E-state index contributed by atoms with van der Waals surface area (Å²) in [6, 6.07) is 1.73. The summed E-state index contributed by atoms with van der Waals surface area (Å²) >= 11 is 0. The standard InChI is InChI=1S/C23H31N3O6/c1-6-12-32-23(4)8-10-25(11-9-23)20-18(19(27)22(29)30-5)15(3)13-17-24-16(14-26(17)20)21(28)31-7-2/h6,13-14,19,27H,1,7-12H2,2-5H3. The third-order valence-corrected chi connectivity index (χ3v) is 5.83. The van der Waals surface area contributed by atoms with Crippen LogP contribution in [0.5, 0.6) is 0 Å². The zero-order valence-corrected chi connectivity index (χ0v) is 19.1. The van der Waals surface area contributed by atoms with Crippen LogP contribution in [0.15, 0.2) is 24.9 Å². The van der Waals surface area contributed by atoms with Crippen molar-refractivity contribution in [3.63, 3.8) is 0 Å². The van der Waals surface area contributed by atoms with Crippen molar-refractivity contribution in [3.05, 3.63) is 41.7 Å². The van der Waals surface area contributed by atoms with Gasteiger partial charge in [-0.15, -0.1) is 6.58 Å². The minimum absolute atomic E-state index is 0.161. The third-order valence-electron chi connectivity index (χ3n) is 5.83. The van der Waals surface area contributed by atoms with Gasteiger partial charge in [0, 0.05) is 24.8 Å². The van der Waals surface area contributed by atoms with E-state index in [1.807, 2.05) is 0 Å². The predicted molar refractivity (Wildman–Crippen MR) is 119 cm³/mol. The monoisotopic (exact) mass is 445 g/mol. The summed E-state index contributed by atoms with van der Waals surface area (Å²) in [7, 11) is 1.23. The number of nitrogens with zero attached hydrogens (tertiary/aromatic N) is 3. The zero-order chi connectivity index (χ0) is 23.5. The summed E-state index contributed by atoms with van der Waals surface area (Å²) in [5, 5.41) is 10.8. The van der Waals surface area contributed by atoms with Gasteiger partial charge in [0.25, 0.3) is 0 Å². The van der Waals surface area contributed by atoms with Gasteiger partial charge in [-0.05, 0) is 45.2 Å². The summed E-state index contributed by atoms with van der Waals surface area (Å²) in [6.45, 7) is 11.3. The summed E-state index contributed by atoms with van der Waals surface area (Å²) in [6.07, 6.45) is 3.32. The fraction of sp³-hybridized carbons (Fsp3) is 0.522. The van der Waals surface area contributed by atoms with Gasteiger partial charge in [-0.3, -0.25) is 4.40 Å². The molecule has 2 aromatic heterocycles. The van der Waals surface area contributed by atoms with Gasteiger partial charge in [0.2, 0.25) is 0 Å². The van der Waals surface area contributed by atoms with Crippen molar-refractivity contribution >= 4 is 23.4 Å². The maximum atomic E-state index is 12.3. The second-order valence-electron chi connectivity index (χ2n) is 8.10. The van der Waals surface area contributed by atoms with Gasteiger partial charge < -0.3 is 24.2 Å². The number of hydrogen-bond donors (Lipinski definition) is 1. The Labute approximate surface area is 187 Å². The van der Waals surface area contributed by atoms with E-state index in [1.165, 1.54) is 7.11 Å². The van der Waals surface area contributed by atoms with Crippen LogP contribution in [0, 0.1) is 6.92 Å². The van der Waals surface area contributed by atoms with Crippen molar-refractivity contribution in [1.29, 1.82) is 0 Å². The highest BCUT2D eigenvalue weighted by Crippen LogP contribution is 2.36. The number of rotatable bonds is 8. The Morgan fingerprint density at radius 3 is 2.66 bits per heavy atom. The summed E-state index contributed by atoms with van der Waals surface area (Å²) < 4.78 is 17.6. The highest BCUT2D eigenvalue weighted by Gasteiger charge is 2.35. The first-order valence-electron chi connectivity index (χ1n) is 10.7. The fourth-order valence-corrected chi connectivity index (χ4v) is 4.03. The van der Waals surface area contributed by atoms with Crippen LogP contribution in [0.3, 0.4) is 0 Å². The lowest BCUT2D eigenvalue weighted by molar-refractivity contribution is -0.150. The number of piperidine rings is 1. The molecule has 1 aliphatic heterocycles. The smallest absolute Gasteiger partial charge is 0.358 e. The molecule has 1 N–H and O–H groups in total. The first-order valence-corrected chi connectivity index (χ1v) is 10.7. The normalized spacial score (nSPS) is 16.6. The Kier molecular flexibility index (Phi) is 7.20. The Hall–Kier alpha value is -2.91. The molecule has 3 rings (SSSR count). The predicted octanol–water partition coefficient (Wildman–Crippen LogP) is 2.59. The molecule has 0 aliphatic carbocycles. The van der Waals surface area contributed by atoms with Gasteiger partial charge in [-0.25, -0.2) is 14.6 Å². The number of hydrogen-bond acceptors (Lipinski definition) is 8. The molecule has 32 heavy (non-hydrogen) atoms. The largest absolute Gasteiger partial charge is 0.467 e. The van der Waals surface area contributed by atoms with Gasteiger partial charge in [0.05, 0.1) is 25.9 Å². The molecule has 3 heterocycles. The number of fused-ring (bicyclic) bond motifs is 1. The van der Waals surface area contributed by atoms with Crippen molar-refractivity contribution in [2.45, 2.75) is 45.3 Å². The van der Waals surface area contributed by atoms with Crippen LogP contribution in [0.1, 0.15) is 54.4 Å². The molecule has 9 heteroatoms. The lowest BCUT2D eigenvalue weighted by atomic mass is 9.92. The molecule has 0 saturated carbocycles. The fourth-order valence-electron chi connectivity index (χ4n) is 4.03. The second kappa shape index (κ2) is 9.70. The van der Waals surface area contributed by atoms with Crippen LogP contribution < -0.4 is 4.90 Å². The summed E-state index contributed by atoms with van der Waals surface area (Å²) in [4.78, 5) is 31.0. The minimum Gasteiger partial charge on any atom is -0.467 e. The van der Waals surface area contributed by atoms with E-state index in [0.29, 0.717) is 42.3 Å². The summed E-state index contributed by atoms with van der Waals surface area (Å²) in [5.41, 5.74) is 1.49. The Morgan fingerprint density at radius 2 is 2.06 bits per heavy atom. The first-order chi connectivity index (χ1) is 15.2. The van der Waals surface area contributed by atoms with Crippen LogP contribution in [0.25, 0.3) is 5.65 Å². The molecule has 1 aliphatic rings. The van der Waals surface area contributed by atoms with Crippen LogP contribution >= 0.6 is 0 Å². The Balaban J connectivity index is 2.09. The van der Waals surface area contributed by atoms with Crippen LogP contribution in [-0.4, -0.2) is 65.4 Å². The van der Waals surface area contributed by atoms with Gasteiger partial charge in [-0.2, -0.15) is 0 Å². The van der Waals surface area contributed by atoms with E-state index >= 15 is 0 Å². The van der Waals surface area contributed by atoms with E-state index in [-0.39, 0.29) is 17.9 Å². The average molecular weight is 446 g/mol. The molecular weight excluding hydrogens is 414 g/mol. The van der Waals surface area contributed by atoms with E-state index in [0.717, 1.165) is 12.8 Å². The van der Waals surface area contributed by atoms with Crippen molar-refractivity contribution in [3.8, 4) is 0 Å². The van der Waals surface area contributed by atoms with E-state index in [1.54, 1.807) is 36.6 Å². The molecule has 0 radical (unpaired) electrons. The topological polar surface area (TPSA) is 103 Å². The number of carbonyl (C=O) groups excluding carboxylic acids is 2. The number of aryl methyl sites for hydroxylation is 1. The maximum absolute atomic E-state index is 12.3. The molecule has 2 aromatic rings. The number of aliphatic hydroxyl groups is 1. The lowest BCUT2D eigenvalue weighted by Gasteiger charge is -2.41. The van der Waals surface area contributed by atoms with E-state index in [2.05, 4.69) is 23.4 Å². The van der Waals surface area contributed by atoms with E-state index in [4.69, 9.17) is 14.2 Å². The van der Waals surface area contributed by atoms with Crippen LogP contribution in [0.2, 0.25) is 0 Å². The molecule has 1 fully saturated rings. The number of imidazole rings is 1. The molecule has 1 saturated heterocycles. The molecular formula is C23H31N3O6. The summed E-state index contributed by atoms with van der Waals surface area (Å²) in [5.74, 6) is -0.679. The van der Waals surface area contributed by atoms with Crippen molar-refractivity contribution in [2.75, 3.05) is 38.3 Å². The zero-order valence-electron chi connectivity index (χ0n) is 19.1. The number of anilines is 1. The molecule has 1 unspecified atom stereocenters. The van der Waals surface area contributed by atoms with E-state index < -0.39 is 18.0 Å². The molecule has 0 spiro atoms. The number of pyridine rings is 1. The number of esters is 2. The van der Waals surface area contributed by atoms with Crippen LogP contribution in [-0.2, 0) is 19.0 Å². The third kappa shape index (κ3) is 4.63. The van der Waals surface area contributed by atoms with Gasteiger partial charge in [-0.1, -0.05) is 6.08 Å². The first kappa shape index (κ1) is 23.7. The molecule has 0 aromatic carbocycles. The van der Waals surface area contributed by atoms with Gasteiger partial charge in [0.1, 0.15) is 11.5 Å². The van der Waals surface area contributed by atoms with Crippen molar-refractivity contribution in [1.82, 2.24) is 9.38 Å². The number of ether oxygens (including phenoxy) is 3. The molecule has 0 amide bonds. The van der Waals surface area contributed by atoms with Crippen molar-refractivity contribution < 1.29 is 28.9 Å². The lowest BCUT2D eigenvalue weighted by Crippen LogP contribution is -2.45. The number of aromatic nitrogens is 2. The van der Waals surface area contributed by atoms with Crippen LogP contribution in [0.4, 0.5) is 5.82 Å². The Morgan fingerprint density at radius 1 is 1.38 bits per heavy atom. The highest BCUT2D eigenvalue weighted by atomic mass is 16.5. The number of carbonyl (C=O) groups is 2. The number of methoxy groups -OCH3 is 1. The molecule has 0 bridgehead atoms.